The van der Waals surface area contributed by atoms with Crippen LogP contribution in [0.15, 0.2) is 23.4 Å². The number of carbonyl (C=O) groups excluding carboxylic acids is 1. The average molecular weight is 335 g/mol. The topological polar surface area (TPSA) is 91.2 Å². The molecule has 1 fully saturated rings. The molecule has 0 unspecified atom stereocenters. The maximum Gasteiger partial charge on any atom is 0.234 e. The number of anilines is 1. The fourth-order valence-corrected chi connectivity index (χ4v) is 2.81. The van der Waals surface area contributed by atoms with E-state index in [-0.39, 0.29) is 11.7 Å². The van der Waals surface area contributed by atoms with Crippen LogP contribution >= 0.6 is 11.8 Å². The highest BCUT2D eigenvalue weighted by Crippen LogP contribution is 2.36. The van der Waals surface area contributed by atoms with Crippen LogP contribution in [0.25, 0.3) is 0 Å². The molecule has 0 saturated heterocycles. The Balaban J connectivity index is 1.57. The molecule has 9 heteroatoms. The molecule has 0 aliphatic heterocycles. The summed E-state index contributed by atoms with van der Waals surface area (Å²) in [4.78, 5) is 12.1. The molecule has 1 N–H and O–H groups in total. The molecule has 23 heavy (non-hydrogen) atoms. The van der Waals surface area contributed by atoms with Crippen molar-refractivity contribution in [3.63, 3.8) is 0 Å². The number of carbonyl (C=O) groups is 1. The molecule has 2 aromatic rings. The molecule has 1 heterocycles. The standard InChI is InChI=1S/C14H17N5O3S/c1-21-11-6-3-9(7-12(11)22-2)15-13(20)8-23-14-16-17-18-19(14)10-4-5-10/h3,6-7,10H,4-5,8H2,1-2H3,(H,15,20). The van der Waals surface area contributed by atoms with Crippen molar-refractivity contribution in [2.75, 3.05) is 25.3 Å². The van der Waals surface area contributed by atoms with Crippen LogP contribution in [-0.4, -0.2) is 46.1 Å². The van der Waals surface area contributed by atoms with Gasteiger partial charge in [-0.05, 0) is 35.4 Å². The second-order valence-corrected chi connectivity index (χ2v) is 5.99. The van der Waals surface area contributed by atoms with Crippen LogP contribution in [0.3, 0.4) is 0 Å². The lowest BCUT2D eigenvalue weighted by Gasteiger charge is -2.10. The zero-order chi connectivity index (χ0) is 16.2. The fraction of sp³-hybridized carbons (Fsp3) is 0.429. The van der Waals surface area contributed by atoms with E-state index in [9.17, 15) is 4.79 Å². The van der Waals surface area contributed by atoms with Gasteiger partial charge in [0.2, 0.25) is 11.1 Å². The number of methoxy groups -OCH3 is 2. The Kier molecular flexibility index (Phi) is 4.65. The number of thioether (sulfide) groups is 1. The summed E-state index contributed by atoms with van der Waals surface area (Å²) >= 11 is 1.33. The summed E-state index contributed by atoms with van der Waals surface area (Å²) in [6, 6.07) is 5.62. The summed E-state index contributed by atoms with van der Waals surface area (Å²) < 4.78 is 12.2. The van der Waals surface area contributed by atoms with Gasteiger partial charge >= 0.3 is 0 Å². The van der Waals surface area contributed by atoms with E-state index in [0.717, 1.165) is 12.8 Å². The number of rotatable bonds is 7. The van der Waals surface area contributed by atoms with E-state index >= 15 is 0 Å². The molecule has 3 rings (SSSR count). The predicted molar refractivity (Wildman–Crippen MR) is 85.0 cm³/mol. The van der Waals surface area contributed by atoms with Gasteiger partial charge in [0, 0.05) is 11.8 Å². The number of nitrogens with one attached hydrogen (secondary N) is 1. The van der Waals surface area contributed by atoms with Gasteiger partial charge in [-0.1, -0.05) is 11.8 Å². The van der Waals surface area contributed by atoms with Gasteiger partial charge in [0.25, 0.3) is 0 Å². The molecule has 1 amide bonds. The highest BCUT2D eigenvalue weighted by molar-refractivity contribution is 7.99. The zero-order valence-corrected chi connectivity index (χ0v) is 13.7. The Morgan fingerprint density at radius 2 is 2.13 bits per heavy atom. The van der Waals surface area contributed by atoms with Crippen molar-refractivity contribution >= 4 is 23.4 Å². The lowest BCUT2D eigenvalue weighted by Crippen LogP contribution is -2.14. The first-order valence-electron chi connectivity index (χ1n) is 7.14. The normalized spacial score (nSPS) is 13.7. The van der Waals surface area contributed by atoms with Crippen LogP contribution in [0, 0.1) is 0 Å². The van der Waals surface area contributed by atoms with Crippen LogP contribution in [0.5, 0.6) is 11.5 Å². The molecule has 0 radical (unpaired) electrons. The average Bonchev–Trinajstić information content (AvgIpc) is 3.31. The summed E-state index contributed by atoms with van der Waals surface area (Å²) in [6.45, 7) is 0. The van der Waals surface area contributed by atoms with Gasteiger partial charge in [0.05, 0.1) is 26.0 Å². The Labute approximate surface area is 137 Å². The lowest BCUT2D eigenvalue weighted by atomic mass is 10.2. The van der Waals surface area contributed by atoms with Crippen LogP contribution in [0.2, 0.25) is 0 Å². The molecule has 1 saturated carbocycles. The molecule has 1 aromatic carbocycles. The molecular weight excluding hydrogens is 318 g/mol. The van der Waals surface area contributed by atoms with Crippen molar-refractivity contribution in [3.8, 4) is 11.5 Å². The summed E-state index contributed by atoms with van der Waals surface area (Å²) in [5, 5.41) is 15.1. The number of amides is 1. The van der Waals surface area contributed by atoms with Gasteiger partial charge in [-0.2, -0.15) is 0 Å². The maximum atomic E-state index is 12.1. The minimum absolute atomic E-state index is 0.132. The SMILES string of the molecule is COc1ccc(NC(=O)CSc2nnnn2C2CC2)cc1OC. The smallest absolute Gasteiger partial charge is 0.234 e. The number of aromatic nitrogens is 4. The van der Waals surface area contributed by atoms with E-state index in [1.54, 1.807) is 37.1 Å². The number of benzene rings is 1. The molecule has 0 spiro atoms. The van der Waals surface area contributed by atoms with Gasteiger partial charge in [-0.3, -0.25) is 4.79 Å². The Morgan fingerprint density at radius 3 is 2.83 bits per heavy atom. The highest BCUT2D eigenvalue weighted by Gasteiger charge is 2.28. The molecule has 8 nitrogen and oxygen atoms in total. The van der Waals surface area contributed by atoms with Crippen molar-refractivity contribution in [2.24, 2.45) is 0 Å². The molecule has 1 aliphatic carbocycles. The van der Waals surface area contributed by atoms with Crippen LogP contribution in [0.4, 0.5) is 5.69 Å². The van der Waals surface area contributed by atoms with Gasteiger partial charge < -0.3 is 14.8 Å². The largest absolute Gasteiger partial charge is 0.493 e. The third-order valence-corrected chi connectivity index (χ3v) is 4.29. The van der Waals surface area contributed by atoms with E-state index in [2.05, 4.69) is 20.8 Å². The first kappa shape index (κ1) is 15.6. The monoisotopic (exact) mass is 335 g/mol. The highest BCUT2D eigenvalue weighted by atomic mass is 32.2. The molecule has 1 aliphatic rings. The van der Waals surface area contributed by atoms with Crippen molar-refractivity contribution in [3.05, 3.63) is 18.2 Å². The van der Waals surface area contributed by atoms with E-state index < -0.39 is 0 Å². The fourth-order valence-electron chi connectivity index (χ4n) is 2.07. The van der Waals surface area contributed by atoms with Crippen molar-refractivity contribution in [2.45, 2.75) is 24.0 Å². The second kappa shape index (κ2) is 6.86. The zero-order valence-electron chi connectivity index (χ0n) is 12.9. The maximum absolute atomic E-state index is 12.1. The van der Waals surface area contributed by atoms with Crippen molar-refractivity contribution in [1.29, 1.82) is 0 Å². The van der Waals surface area contributed by atoms with E-state index in [1.165, 1.54) is 11.8 Å². The van der Waals surface area contributed by atoms with E-state index in [1.807, 2.05) is 0 Å². The number of ether oxygens (including phenoxy) is 2. The molecule has 122 valence electrons. The van der Waals surface area contributed by atoms with Gasteiger partial charge in [0.15, 0.2) is 11.5 Å². The molecule has 0 atom stereocenters. The quantitative estimate of drug-likeness (QED) is 0.771. The predicted octanol–water partition coefficient (Wildman–Crippen LogP) is 1.76. The van der Waals surface area contributed by atoms with E-state index in [0.29, 0.717) is 28.4 Å². The van der Waals surface area contributed by atoms with Crippen molar-refractivity contribution < 1.29 is 14.3 Å². The van der Waals surface area contributed by atoms with E-state index in [4.69, 9.17) is 9.47 Å². The first-order valence-corrected chi connectivity index (χ1v) is 8.12. The third kappa shape index (κ3) is 3.73. The minimum Gasteiger partial charge on any atom is -0.493 e. The number of hydrogen-bond acceptors (Lipinski definition) is 7. The molecule has 1 aromatic heterocycles. The number of nitrogens with zero attached hydrogens (tertiary/aromatic N) is 4. The Bertz CT molecular complexity index is 701. The summed E-state index contributed by atoms with van der Waals surface area (Å²) in [5.41, 5.74) is 0.648. The Hall–Kier alpha value is -2.29. The summed E-state index contributed by atoms with van der Waals surface area (Å²) in [6.07, 6.45) is 2.19. The second-order valence-electron chi connectivity index (χ2n) is 5.04. The van der Waals surface area contributed by atoms with Crippen LogP contribution in [0.1, 0.15) is 18.9 Å². The number of tetrazole rings is 1. The third-order valence-electron chi connectivity index (χ3n) is 3.36. The molecular formula is C14H17N5O3S. The van der Waals surface area contributed by atoms with Crippen LogP contribution < -0.4 is 14.8 Å². The summed E-state index contributed by atoms with van der Waals surface area (Å²) in [7, 11) is 3.12. The van der Waals surface area contributed by atoms with Gasteiger partial charge in [0.1, 0.15) is 0 Å². The minimum atomic E-state index is -0.132. The van der Waals surface area contributed by atoms with Gasteiger partial charge in [-0.25, -0.2) is 4.68 Å². The first-order chi connectivity index (χ1) is 11.2. The number of hydrogen-bond donors (Lipinski definition) is 1. The molecule has 0 bridgehead atoms. The Morgan fingerprint density at radius 1 is 1.35 bits per heavy atom. The van der Waals surface area contributed by atoms with Crippen LogP contribution in [-0.2, 0) is 4.79 Å². The lowest BCUT2D eigenvalue weighted by molar-refractivity contribution is -0.113. The van der Waals surface area contributed by atoms with Crippen molar-refractivity contribution in [1.82, 2.24) is 20.2 Å². The van der Waals surface area contributed by atoms with Gasteiger partial charge in [-0.15, -0.1) is 5.10 Å². The summed E-state index contributed by atoms with van der Waals surface area (Å²) in [5.74, 6) is 1.29.